The number of benzene rings is 4. The van der Waals surface area contributed by atoms with Gasteiger partial charge in [0.1, 0.15) is 17.6 Å². The highest BCUT2D eigenvalue weighted by Gasteiger charge is 2.29. The first-order chi connectivity index (χ1) is 17.6. The number of ether oxygens (including phenoxy) is 3. The van der Waals surface area contributed by atoms with E-state index in [2.05, 4.69) is 89.8 Å². The lowest BCUT2D eigenvalue weighted by atomic mass is 9.84. The second-order valence-electron chi connectivity index (χ2n) is 9.20. The zero-order chi connectivity index (χ0) is 24.9. The van der Waals surface area contributed by atoms with Crippen LogP contribution in [-0.2, 0) is 9.53 Å². The Balaban J connectivity index is 1.30. The lowest BCUT2D eigenvalue weighted by Crippen LogP contribution is -2.37. The quantitative estimate of drug-likeness (QED) is 0.312. The zero-order valence-corrected chi connectivity index (χ0v) is 20.6. The number of para-hydroxylation sites is 1. The van der Waals surface area contributed by atoms with Crippen LogP contribution in [0.4, 0.5) is 0 Å². The predicted octanol–water partition coefficient (Wildman–Crippen LogP) is 6.03. The topological polar surface area (TPSA) is 56.8 Å². The van der Waals surface area contributed by atoms with Crippen molar-refractivity contribution in [3.63, 3.8) is 0 Å². The molecule has 0 saturated carbocycles. The van der Waals surface area contributed by atoms with Gasteiger partial charge in [-0.2, -0.15) is 0 Å². The highest BCUT2D eigenvalue weighted by molar-refractivity contribution is 5.86. The Hall–Kier alpha value is -3.83. The van der Waals surface area contributed by atoms with Crippen molar-refractivity contribution < 1.29 is 19.0 Å². The van der Waals surface area contributed by atoms with Crippen LogP contribution in [0.2, 0.25) is 0 Å². The van der Waals surface area contributed by atoms with Crippen molar-refractivity contribution in [2.75, 3.05) is 20.3 Å². The summed E-state index contributed by atoms with van der Waals surface area (Å²) in [6.07, 6.45) is 0.909. The summed E-state index contributed by atoms with van der Waals surface area (Å²) in [5.74, 6) is 1.39. The summed E-state index contributed by atoms with van der Waals surface area (Å²) >= 11 is 0. The first-order valence-electron chi connectivity index (χ1n) is 12.4. The molecule has 1 N–H and O–H groups in total. The zero-order valence-electron chi connectivity index (χ0n) is 20.6. The van der Waals surface area contributed by atoms with Crippen molar-refractivity contribution in [2.24, 2.45) is 0 Å². The van der Waals surface area contributed by atoms with E-state index in [4.69, 9.17) is 9.47 Å². The number of methoxy groups -OCH3 is 1. The lowest BCUT2D eigenvalue weighted by Gasteiger charge is -2.33. The highest BCUT2D eigenvalue weighted by atomic mass is 16.6. The summed E-state index contributed by atoms with van der Waals surface area (Å²) in [4.78, 5) is 11.4. The molecule has 3 atom stereocenters. The molecule has 5 nitrogen and oxygen atoms in total. The molecule has 0 saturated heterocycles. The third-order valence-electron chi connectivity index (χ3n) is 6.90. The third kappa shape index (κ3) is 5.21. The van der Waals surface area contributed by atoms with Crippen molar-refractivity contribution in [3.05, 3.63) is 108 Å². The van der Waals surface area contributed by atoms with Gasteiger partial charge in [0.25, 0.3) is 0 Å². The average Bonchev–Trinajstić information content (AvgIpc) is 2.94. The molecule has 5 rings (SSSR count). The number of hydrogen-bond donors (Lipinski definition) is 1. The van der Waals surface area contributed by atoms with E-state index in [0.29, 0.717) is 5.75 Å². The minimum atomic E-state index is -0.398. The van der Waals surface area contributed by atoms with Crippen LogP contribution < -0.4 is 14.8 Å². The minimum absolute atomic E-state index is 0.0394. The van der Waals surface area contributed by atoms with E-state index < -0.39 is 5.97 Å². The summed E-state index contributed by atoms with van der Waals surface area (Å²) < 4.78 is 16.6. The molecule has 5 heteroatoms. The molecule has 1 aliphatic rings. The monoisotopic (exact) mass is 481 g/mol. The molecule has 0 aliphatic carbocycles. The Morgan fingerprint density at radius 3 is 2.56 bits per heavy atom. The molecule has 1 aliphatic heterocycles. The van der Waals surface area contributed by atoms with E-state index in [1.165, 1.54) is 34.6 Å². The molecular formula is C31H31NO4. The first-order valence-corrected chi connectivity index (χ1v) is 12.4. The second kappa shape index (κ2) is 10.8. The Labute approximate surface area is 212 Å². The van der Waals surface area contributed by atoms with E-state index in [1.54, 1.807) is 0 Å². The number of carbonyl (C=O) groups excluding carboxylic acids is 1. The molecule has 0 aromatic heterocycles. The number of esters is 1. The number of carbonyl (C=O) groups is 1. The van der Waals surface area contributed by atoms with Crippen molar-refractivity contribution in [3.8, 4) is 11.5 Å². The van der Waals surface area contributed by atoms with Gasteiger partial charge in [-0.1, -0.05) is 72.8 Å². The van der Waals surface area contributed by atoms with Crippen molar-refractivity contribution in [1.29, 1.82) is 0 Å². The molecule has 0 spiro atoms. The fourth-order valence-electron chi connectivity index (χ4n) is 4.98. The minimum Gasteiger partial charge on any atom is -0.489 e. The largest absolute Gasteiger partial charge is 0.489 e. The normalized spacial score (nSPS) is 17.6. The van der Waals surface area contributed by atoms with E-state index >= 15 is 0 Å². The van der Waals surface area contributed by atoms with E-state index in [9.17, 15) is 4.79 Å². The van der Waals surface area contributed by atoms with Crippen LogP contribution in [0.3, 0.4) is 0 Å². The molecule has 0 radical (unpaired) electrons. The Kier molecular flexibility index (Phi) is 7.19. The fraction of sp³-hybridized carbons (Fsp3) is 0.258. The second-order valence-corrected chi connectivity index (χ2v) is 9.20. The predicted molar refractivity (Wildman–Crippen MR) is 142 cm³/mol. The molecule has 4 aromatic rings. The molecular weight excluding hydrogens is 450 g/mol. The number of rotatable bonds is 8. The molecule has 0 bridgehead atoms. The SMILES string of the molecule is COC(=O)COc1ccc([C@H]2C[C@H](CN[C@H](C)c3cccc4ccccc34)Oc3ccccc32)cc1. The molecule has 36 heavy (non-hydrogen) atoms. The van der Waals surface area contributed by atoms with Crippen molar-refractivity contribution in [2.45, 2.75) is 31.4 Å². The summed E-state index contributed by atoms with van der Waals surface area (Å²) in [6, 6.07) is 31.4. The summed E-state index contributed by atoms with van der Waals surface area (Å²) in [5.41, 5.74) is 3.69. The lowest BCUT2D eigenvalue weighted by molar-refractivity contribution is -0.142. The van der Waals surface area contributed by atoms with Crippen LogP contribution in [0.5, 0.6) is 11.5 Å². The number of hydrogen-bond acceptors (Lipinski definition) is 5. The molecule has 184 valence electrons. The van der Waals surface area contributed by atoms with Gasteiger partial charge in [0.2, 0.25) is 0 Å². The van der Waals surface area contributed by atoms with E-state index in [1.807, 2.05) is 18.2 Å². The molecule has 1 heterocycles. The van der Waals surface area contributed by atoms with E-state index in [0.717, 1.165) is 18.7 Å². The molecule has 0 fully saturated rings. The van der Waals surface area contributed by atoms with Gasteiger partial charge >= 0.3 is 5.97 Å². The van der Waals surface area contributed by atoms with Gasteiger partial charge in [-0.25, -0.2) is 4.79 Å². The van der Waals surface area contributed by atoms with Gasteiger partial charge in [0.05, 0.1) is 7.11 Å². The maximum absolute atomic E-state index is 11.4. The van der Waals surface area contributed by atoms with Gasteiger partial charge in [-0.15, -0.1) is 0 Å². The Morgan fingerprint density at radius 1 is 0.972 bits per heavy atom. The fourth-order valence-corrected chi connectivity index (χ4v) is 4.98. The maximum atomic E-state index is 11.4. The third-order valence-corrected chi connectivity index (χ3v) is 6.90. The van der Waals surface area contributed by atoms with E-state index in [-0.39, 0.29) is 24.7 Å². The Bertz CT molecular complexity index is 1330. The first kappa shape index (κ1) is 23.9. The van der Waals surface area contributed by atoms with Crippen LogP contribution in [0.25, 0.3) is 10.8 Å². The standard InChI is InChI=1S/C31H31NO4/c1-21(26-12-7-9-22-8-3-4-10-27(22)26)32-19-25-18-29(28-11-5-6-13-30(28)36-25)23-14-16-24(17-15-23)35-20-31(33)34-2/h3-17,21,25,29,32H,18-20H2,1-2H3/t21-,25-,29-/m1/s1. The highest BCUT2D eigenvalue weighted by Crippen LogP contribution is 2.40. The summed E-state index contributed by atoms with van der Waals surface area (Å²) in [5, 5.41) is 6.25. The molecule has 4 aromatic carbocycles. The smallest absolute Gasteiger partial charge is 0.343 e. The van der Waals surface area contributed by atoms with Gasteiger partial charge in [0.15, 0.2) is 6.61 Å². The molecule has 0 amide bonds. The van der Waals surface area contributed by atoms with Crippen LogP contribution in [0.1, 0.15) is 42.0 Å². The number of fused-ring (bicyclic) bond motifs is 2. The number of nitrogens with one attached hydrogen (secondary N) is 1. The molecule has 0 unspecified atom stereocenters. The van der Waals surface area contributed by atoms with Crippen molar-refractivity contribution >= 4 is 16.7 Å². The van der Waals surface area contributed by atoms with Gasteiger partial charge in [-0.05, 0) is 53.4 Å². The average molecular weight is 482 g/mol. The van der Waals surface area contributed by atoms with Gasteiger partial charge in [-0.3, -0.25) is 0 Å². The van der Waals surface area contributed by atoms with Gasteiger partial charge < -0.3 is 19.5 Å². The van der Waals surface area contributed by atoms with Crippen LogP contribution >= 0.6 is 0 Å². The maximum Gasteiger partial charge on any atom is 0.343 e. The Morgan fingerprint density at radius 2 is 1.72 bits per heavy atom. The summed E-state index contributed by atoms with van der Waals surface area (Å²) in [6.45, 7) is 2.86. The summed E-state index contributed by atoms with van der Waals surface area (Å²) in [7, 11) is 1.35. The van der Waals surface area contributed by atoms with Crippen LogP contribution in [0, 0.1) is 0 Å². The van der Waals surface area contributed by atoms with Crippen molar-refractivity contribution in [1.82, 2.24) is 5.32 Å². The van der Waals surface area contributed by atoms with Crippen LogP contribution in [-0.4, -0.2) is 32.3 Å². The van der Waals surface area contributed by atoms with Gasteiger partial charge in [0, 0.05) is 24.1 Å². The van der Waals surface area contributed by atoms with Crippen LogP contribution in [0.15, 0.2) is 91.0 Å².